The summed E-state index contributed by atoms with van der Waals surface area (Å²) in [5.74, 6) is -0.635. The van der Waals surface area contributed by atoms with E-state index in [2.05, 4.69) is 4.74 Å². The zero-order chi connectivity index (χ0) is 14.5. The van der Waals surface area contributed by atoms with Gasteiger partial charge in [0.25, 0.3) is 0 Å². The Morgan fingerprint density at radius 1 is 0.900 bits per heavy atom. The zero-order valence-electron chi connectivity index (χ0n) is 11.3. The van der Waals surface area contributed by atoms with Crippen molar-refractivity contribution in [2.45, 2.75) is 6.92 Å². The summed E-state index contributed by atoms with van der Waals surface area (Å²) in [6.45, 7) is 1.94. The molecule has 0 aliphatic rings. The first-order chi connectivity index (χ1) is 9.60. The summed E-state index contributed by atoms with van der Waals surface area (Å²) in [5.41, 5.74) is 1.86. The van der Waals surface area contributed by atoms with E-state index in [1.807, 2.05) is 19.1 Å². The molecule has 0 radical (unpaired) electrons. The third-order valence-corrected chi connectivity index (χ3v) is 2.75. The molecule has 0 fully saturated rings. The number of carbonyl (C=O) groups is 2. The summed E-state index contributed by atoms with van der Waals surface area (Å²) >= 11 is 0. The van der Waals surface area contributed by atoms with E-state index in [9.17, 15) is 9.59 Å². The van der Waals surface area contributed by atoms with Crippen LogP contribution in [0.2, 0.25) is 0 Å². The lowest BCUT2D eigenvalue weighted by Gasteiger charge is -2.06. The predicted octanol–water partition coefficient (Wildman–Crippen LogP) is 3.00. The molecule has 0 atom stereocenters. The highest BCUT2D eigenvalue weighted by Crippen LogP contribution is 2.16. The molecule has 4 nitrogen and oxygen atoms in total. The summed E-state index contributed by atoms with van der Waals surface area (Å²) in [4.78, 5) is 23.3. The monoisotopic (exact) mass is 270 g/mol. The van der Waals surface area contributed by atoms with Crippen LogP contribution in [0.25, 0.3) is 0 Å². The molecule has 2 aromatic rings. The van der Waals surface area contributed by atoms with Crippen LogP contribution in [-0.4, -0.2) is 19.0 Å². The fourth-order valence-corrected chi connectivity index (χ4v) is 1.66. The van der Waals surface area contributed by atoms with Crippen LogP contribution in [0.3, 0.4) is 0 Å². The predicted molar refractivity (Wildman–Crippen MR) is 73.9 cm³/mol. The summed E-state index contributed by atoms with van der Waals surface area (Å²) in [6.07, 6.45) is 0. The van der Waals surface area contributed by atoms with Gasteiger partial charge in [-0.3, -0.25) is 0 Å². The molecular weight excluding hydrogens is 256 g/mol. The second-order valence-electron chi connectivity index (χ2n) is 4.27. The van der Waals surface area contributed by atoms with Crippen molar-refractivity contribution in [2.75, 3.05) is 7.11 Å². The number of ether oxygens (including phenoxy) is 2. The molecule has 0 spiro atoms. The van der Waals surface area contributed by atoms with Crippen LogP contribution in [0.5, 0.6) is 5.75 Å². The lowest BCUT2D eigenvalue weighted by molar-refractivity contribution is 0.0597. The number of benzene rings is 2. The molecule has 2 rings (SSSR count). The minimum Gasteiger partial charge on any atom is -0.465 e. The van der Waals surface area contributed by atoms with Gasteiger partial charge in [0.15, 0.2) is 0 Å². The van der Waals surface area contributed by atoms with Gasteiger partial charge in [-0.1, -0.05) is 23.8 Å². The molecule has 0 bridgehead atoms. The average molecular weight is 270 g/mol. The topological polar surface area (TPSA) is 52.6 Å². The molecule has 0 saturated heterocycles. The Morgan fingerprint density at radius 2 is 1.60 bits per heavy atom. The molecule has 0 N–H and O–H groups in total. The molecule has 2 aromatic carbocycles. The van der Waals surface area contributed by atoms with E-state index in [0.29, 0.717) is 16.9 Å². The van der Waals surface area contributed by atoms with E-state index in [1.165, 1.54) is 13.2 Å². The molecule has 0 aliphatic carbocycles. The largest absolute Gasteiger partial charge is 0.465 e. The van der Waals surface area contributed by atoms with E-state index < -0.39 is 11.9 Å². The van der Waals surface area contributed by atoms with Crippen LogP contribution in [-0.2, 0) is 4.74 Å². The van der Waals surface area contributed by atoms with Crippen LogP contribution in [0.15, 0.2) is 48.5 Å². The van der Waals surface area contributed by atoms with Crippen molar-refractivity contribution >= 4 is 11.9 Å². The quantitative estimate of drug-likeness (QED) is 0.635. The van der Waals surface area contributed by atoms with Crippen molar-refractivity contribution in [3.05, 3.63) is 65.2 Å². The second kappa shape index (κ2) is 6.02. The molecule has 0 aliphatic heterocycles. The highest BCUT2D eigenvalue weighted by molar-refractivity contribution is 5.92. The molecule has 20 heavy (non-hydrogen) atoms. The van der Waals surface area contributed by atoms with Crippen LogP contribution in [0.1, 0.15) is 26.3 Å². The molecule has 4 heteroatoms. The second-order valence-corrected chi connectivity index (χ2v) is 4.27. The van der Waals surface area contributed by atoms with Crippen LogP contribution in [0, 0.1) is 6.92 Å². The number of carbonyl (C=O) groups excluding carboxylic acids is 2. The SMILES string of the molecule is COC(=O)c1cccc(OC(=O)c2ccc(C)cc2)c1. The maximum atomic E-state index is 11.9. The Hall–Kier alpha value is -2.62. The lowest BCUT2D eigenvalue weighted by atomic mass is 10.1. The van der Waals surface area contributed by atoms with Gasteiger partial charge in [-0.2, -0.15) is 0 Å². The normalized spacial score (nSPS) is 9.90. The Kier molecular flexibility index (Phi) is 4.15. The van der Waals surface area contributed by atoms with Gasteiger partial charge < -0.3 is 9.47 Å². The highest BCUT2D eigenvalue weighted by Gasteiger charge is 2.11. The molecule has 0 aromatic heterocycles. The van der Waals surface area contributed by atoms with E-state index in [0.717, 1.165) is 5.56 Å². The van der Waals surface area contributed by atoms with Crippen molar-refractivity contribution in [3.63, 3.8) is 0 Å². The van der Waals surface area contributed by atoms with Gasteiger partial charge in [0.05, 0.1) is 18.2 Å². The van der Waals surface area contributed by atoms with Gasteiger partial charge >= 0.3 is 11.9 Å². The molecule has 0 amide bonds. The van der Waals surface area contributed by atoms with E-state index in [-0.39, 0.29) is 0 Å². The van der Waals surface area contributed by atoms with E-state index in [1.54, 1.807) is 30.3 Å². The third-order valence-electron chi connectivity index (χ3n) is 2.75. The smallest absolute Gasteiger partial charge is 0.343 e. The Balaban J connectivity index is 2.15. The molecule has 0 unspecified atom stereocenters. The van der Waals surface area contributed by atoms with Crippen LogP contribution < -0.4 is 4.74 Å². The van der Waals surface area contributed by atoms with Gasteiger partial charge in [0, 0.05) is 0 Å². The van der Waals surface area contributed by atoms with Crippen molar-refractivity contribution < 1.29 is 19.1 Å². The summed E-state index contributed by atoms with van der Waals surface area (Å²) in [5, 5.41) is 0. The lowest BCUT2D eigenvalue weighted by Crippen LogP contribution is -2.09. The summed E-state index contributed by atoms with van der Waals surface area (Å²) < 4.78 is 9.84. The first kappa shape index (κ1) is 13.8. The number of methoxy groups -OCH3 is 1. The minimum absolute atomic E-state index is 0.304. The molecule has 0 saturated carbocycles. The average Bonchev–Trinajstić information content (AvgIpc) is 2.47. The maximum Gasteiger partial charge on any atom is 0.343 e. The molecule has 102 valence electrons. The number of esters is 2. The number of hydrogen-bond donors (Lipinski definition) is 0. The summed E-state index contributed by atoms with van der Waals surface area (Å²) in [6, 6.07) is 13.4. The van der Waals surface area contributed by atoms with Gasteiger partial charge in [-0.15, -0.1) is 0 Å². The number of hydrogen-bond acceptors (Lipinski definition) is 4. The van der Waals surface area contributed by atoms with E-state index in [4.69, 9.17) is 4.74 Å². The first-order valence-electron chi connectivity index (χ1n) is 6.07. The maximum absolute atomic E-state index is 11.9. The zero-order valence-corrected chi connectivity index (χ0v) is 11.3. The number of rotatable bonds is 3. The molecular formula is C16H14O4. The van der Waals surface area contributed by atoms with E-state index >= 15 is 0 Å². The van der Waals surface area contributed by atoms with Gasteiger partial charge in [-0.05, 0) is 37.3 Å². The standard InChI is InChI=1S/C16H14O4/c1-11-6-8-12(9-7-11)16(18)20-14-5-3-4-13(10-14)15(17)19-2/h3-10H,1-2H3. The number of aryl methyl sites for hydroxylation is 1. The molecule has 0 heterocycles. The third kappa shape index (κ3) is 3.23. The fourth-order valence-electron chi connectivity index (χ4n) is 1.66. The van der Waals surface area contributed by atoms with Gasteiger partial charge in [0.1, 0.15) is 5.75 Å². The van der Waals surface area contributed by atoms with Gasteiger partial charge in [0.2, 0.25) is 0 Å². The van der Waals surface area contributed by atoms with Crippen molar-refractivity contribution in [3.8, 4) is 5.75 Å². The first-order valence-corrected chi connectivity index (χ1v) is 6.07. The van der Waals surface area contributed by atoms with Crippen molar-refractivity contribution in [1.82, 2.24) is 0 Å². The fraction of sp³-hybridized carbons (Fsp3) is 0.125. The Bertz CT molecular complexity index is 629. The highest BCUT2D eigenvalue weighted by atomic mass is 16.5. The van der Waals surface area contributed by atoms with Crippen LogP contribution >= 0.6 is 0 Å². The van der Waals surface area contributed by atoms with Crippen molar-refractivity contribution in [2.24, 2.45) is 0 Å². The van der Waals surface area contributed by atoms with Gasteiger partial charge in [-0.25, -0.2) is 9.59 Å². The Labute approximate surface area is 116 Å². The van der Waals surface area contributed by atoms with Crippen LogP contribution in [0.4, 0.5) is 0 Å². The minimum atomic E-state index is -0.474. The summed E-state index contributed by atoms with van der Waals surface area (Å²) in [7, 11) is 1.30. The van der Waals surface area contributed by atoms with Crippen molar-refractivity contribution in [1.29, 1.82) is 0 Å². The Morgan fingerprint density at radius 3 is 2.25 bits per heavy atom.